The lowest BCUT2D eigenvalue weighted by molar-refractivity contribution is 0.281. The van der Waals surface area contributed by atoms with Gasteiger partial charge in [-0.1, -0.05) is 21.9 Å². The summed E-state index contributed by atoms with van der Waals surface area (Å²) in [5, 5.41) is 1.89. The van der Waals surface area contributed by atoms with Crippen molar-refractivity contribution in [2.45, 2.75) is 6.54 Å². The Hall–Kier alpha value is -1.02. The van der Waals surface area contributed by atoms with Gasteiger partial charge in [0, 0.05) is 30.7 Å². The van der Waals surface area contributed by atoms with E-state index in [0.29, 0.717) is 6.54 Å². The van der Waals surface area contributed by atoms with Crippen LogP contribution in [-0.4, -0.2) is 25.7 Å². The van der Waals surface area contributed by atoms with E-state index in [0.717, 1.165) is 15.8 Å². The van der Waals surface area contributed by atoms with Gasteiger partial charge in [0.25, 0.3) is 0 Å². The molecule has 0 aliphatic carbocycles. The minimum absolute atomic E-state index is 0.288. The van der Waals surface area contributed by atoms with Crippen molar-refractivity contribution in [3.63, 3.8) is 0 Å². The summed E-state index contributed by atoms with van der Waals surface area (Å²) in [6.07, 6.45) is 5.17. The van der Waals surface area contributed by atoms with Gasteiger partial charge >= 0.3 is 0 Å². The molecule has 1 rings (SSSR count). The van der Waals surface area contributed by atoms with Crippen LogP contribution in [0.15, 0.2) is 22.7 Å². The molecule has 0 radical (unpaired) electrons. The van der Waals surface area contributed by atoms with Crippen molar-refractivity contribution in [3.8, 4) is 18.1 Å². The van der Waals surface area contributed by atoms with Gasteiger partial charge in [0.05, 0.1) is 0 Å². The van der Waals surface area contributed by atoms with Crippen LogP contribution in [0.25, 0.3) is 0 Å². The van der Waals surface area contributed by atoms with Crippen LogP contribution < -0.4 is 10.2 Å². The van der Waals surface area contributed by atoms with Crippen molar-refractivity contribution in [1.29, 1.82) is 0 Å². The minimum Gasteiger partial charge on any atom is -0.481 e. The minimum atomic E-state index is 0.288. The summed E-state index contributed by atoms with van der Waals surface area (Å²) >= 11 is 3.43. The highest BCUT2D eigenvalue weighted by Gasteiger charge is 2.04. The van der Waals surface area contributed by atoms with Crippen LogP contribution >= 0.6 is 15.9 Å². The van der Waals surface area contributed by atoms with Gasteiger partial charge in [0.1, 0.15) is 12.4 Å². The molecular formula is C12H15BrN2O. The lowest BCUT2D eigenvalue weighted by Crippen LogP contribution is -2.29. The Bertz CT molecular complexity index is 385. The average Bonchev–Trinajstić information content (AvgIpc) is 2.25. The molecule has 0 heterocycles. The Kier molecular flexibility index (Phi) is 5.33. The van der Waals surface area contributed by atoms with Crippen LogP contribution in [0.5, 0.6) is 5.75 Å². The van der Waals surface area contributed by atoms with Crippen molar-refractivity contribution >= 4 is 15.9 Å². The predicted molar refractivity (Wildman–Crippen MR) is 69.0 cm³/mol. The molecule has 0 atom stereocenters. The van der Waals surface area contributed by atoms with Gasteiger partial charge in [-0.2, -0.15) is 0 Å². The van der Waals surface area contributed by atoms with Gasteiger partial charge < -0.3 is 4.74 Å². The van der Waals surface area contributed by atoms with Crippen LogP contribution in [0.4, 0.5) is 0 Å². The quantitative estimate of drug-likeness (QED) is 0.661. The number of ether oxygens (including phenoxy) is 1. The molecule has 0 saturated heterocycles. The monoisotopic (exact) mass is 282 g/mol. The van der Waals surface area contributed by atoms with E-state index in [2.05, 4.69) is 27.3 Å². The number of benzene rings is 1. The third-order valence-corrected chi connectivity index (χ3v) is 2.41. The first-order valence-corrected chi connectivity index (χ1v) is 5.68. The van der Waals surface area contributed by atoms with Gasteiger partial charge in [-0.15, -0.1) is 6.42 Å². The molecule has 0 saturated carbocycles. The highest BCUT2D eigenvalue weighted by atomic mass is 79.9. The Morgan fingerprint density at radius 1 is 1.50 bits per heavy atom. The van der Waals surface area contributed by atoms with Crippen molar-refractivity contribution in [2.75, 3.05) is 20.7 Å². The molecule has 0 bridgehead atoms. The lowest BCUT2D eigenvalue weighted by atomic mass is 10.2. The summed E-state index contributed by atoms with van der Waals surface area (Å²) in [5.41, 5.74) is 4.25. The van der Waals surface area contributed by atoms with Gasteiger partial charge in [0.15, 0.2) is 0 Å². The van der Waals surface area contributed by atoms with Crippen LogP contribution in [-0.2, 0) is 6.54 Å². The van der Waals surface area contributed by atoms with Gasteiger partial charge in [-0.25, -0.2) is 0 Å². The van der Waals surface area contributed by atoms with Crippen molar-refractivity contribution < 1.29 is 4.74 Å². The van der Waals surface area contributed by atoms with E-state index >= 15 is 0 Å². The normalized spacial score (nSPS) is 10.2. The second kappa shape index (κ2) is 6.54. The molecule has 16 heavy (non-hydrogen) atoms. The van der Waals surface area contributed by atoms with E-state index in [9.17, 15) is 0 Å². The van der Waals surface area contributed by atoms with Crippen molar-refractivity contribution in [3.05, 3.63) is 28.2 Å². The first-order chi connectivity index (χ1) is 7.63. The molecule has 0 spiro atoms. The fourth-order valence-electron chi connectivity index (χ4n) is 1.19. The number of hydrazine groups is 1. The topological polar surface area (TPSA) is 24.5 Å². The Balaban J connectivity index is 2.77. The zero-order valence-electron chi connectivity index (χ0n) is 9.46. The molecule has 0 amide bonds. The number of rotatable bonds is 5. The molecule has 0 fully saturated rings. The summed E-state index contributed by atoms with van der Waals surface area (Å²) in [4.78, 5) is 0. The Morgan fingerprint density at radius 2 is 2.25 bits per heavy atom. The third kappa shape index (κ3) is 4.23. The van der Waals surface area contributed by atoms with E-state index in [1.807, 2.05) is 37.3 Å². The van der Waals surface area contributed by atoms with Crippen LogP contribution in [0, 0.1) is 12.3 Å². The largest absolute Gasteiger partial charge is 0.481 e. The maximum absolute atomic E-state index is 5.46. The Morgan fingerprint density at radius 3 is 2.88 bits per heavy atom. The fourth-order valence-corrected chi connectivity index (χ4v) is 1.60. The molecule has 3 nitrogen and oxygen atoms in total. The van der Waals surface area contributed by atoms with E-state index in [1.54, 1.807) is 0 Å². The molecule has 4 heteroatoms. The lowest BCUT2D eigenvalue weighted by Gasteiger charge is -2.15. The van der Waals surface area contributed by atoms with Gasteiger partial charge in [-0.3, -0.25) is 10.4 Å². The standard InChI is InChI=1S/C12H15BrN2O/c1-4-7-16-12-6-5-11(13)8-10(12)9-14-15(2)3/h1,5-6,8,14H,7,9H2,2-3H3. The van der Waals surface area contributed by atoms with Crippen LogP contribution in [0.2, 0.25) is 0 Å². The fraction of sp³-hybridized carbons (Fsp3) is 0.333. The molecule has 0 aromatic heterocycles. The van der Waals surface area contributed by atoms with Crippen LogP contribution in [0.3, 0.4) is 0 Å². The summed E-state index contributed by atoms with van der Waals surface area (Å²) in [6.45, 7) is 0.989. The van der Waals surface area contributed by atoms with Crippen molar-refractivity contribution in [1.82, 2.24) is 10.4 Å². The smallest absolute Gasteiger partial charge is 0.148 e. The van der Waals surface area contributed by atoms with E-state index in [1.165, 1.54) is 0 Å². The molecule has 86 valence electrons. The number of hydrogen-bond acceptors (Lipinski definition) is 3. The van der Waals surface area contributed by atoms with E-state index in [-0.39, 0.29) is 6.61 Å². The predicted octanol–water partition coefficient (Wildman–Crippen LogP) is 2.03. The summed E-state index contributed by atoms with van der Waals surface area (Å²) in [5.74, 6) is 3.27. The first kappa shape index (κ1) is 13.0. The highest BCUT2D eigenvalue weighted by Crippen LogP contribution is 2.23. The molecule has 1 aromatic carbocycles. The number of hydrogen-bond donors (Lipinski definition) is 1. The number of nitrogens with zero attached hydrogens (tertiary/aromatic N) is 1. The Labute approximate surface area is 105 Å². The van der Waals surface area contributed by atoms with E-state index < -0.39 is 0 Å². The third-order valence-electron chi connectivity index (χ3n) is 1.92. The maximum Gasteiger partial charge on any atom is 0.148 e. The molecular weight excluding hydrogens is 268 g/mol. The molecule has 1 N–H and O–H groups in total. The van der Waals surface area contributed by atoms with Gasteiger partial charge in [0.2, 0.25) is 0 Å². The summed E-state index contributed by atoms with van der Waals surface area (Å²) in [7, 11) is 3.89. The zero-order valence-corrected chi connectivity index (χ0v) is 11.0. The average molecular weight is 283 g/mol. The molecule has 1 aromatic rings. The second-order valence-electron chi connectivity index (χ2n) is 3.47. The maximum atomic E-state index is 5.46. The van der Waals surface area contributed by atoms with Gasteiger partial charge in [-0.05, 0) is 18.2 Å². The number of halogens is 1. The number of terminal acetylenes is 1. The first-order valence-electron chi connectivity index (χ1n) is 4.89. The van der Waals surface area contributed by atoms with Crippen molar-refractivity contribution in [2.24, 2.45) is 0 Å². The van der Waals surface area contributed by atoms with E-state index in [4.69, 9.17) is 11.2 Å². The molecule has 0 aliphatic heterocycles. The SMILES string of the molecule is C#CCOc1ccc(Br)cc1CNN(C)C. The molecule has 0 aliphatic rings. The summed E-state index contributed by atoms with van der Waals surface area (Å²) in [6, 6.07) is 5.86. The molecule has 0 unspecified atom stereocenters. The highest BCUT2D eigenvalue weighted by molar-refractivity contribution is 9.10. The summed E-state index contributed by atoms with van der Waals surface area (Å²) < 4.78 is 6.48. The second-order valence-corrected chi connectivity index (χ2v) is 4.39. The number of nitrogens with one attached hydrogen (secondary N) is 1. The van der Waals surface area contributed by atoms with Crippen LogP contribution in [0.1, 0.15) is 5.56 Å². The zero-order chi connectivity index (χ0) is 12.0.